The quantitative estimate of drug-likeness (QED) is 0.652. The molecule has 4 heteroatoms. The lowest BCUT2D eigenvalue weighted by molar-refractivity contribution is 0.00590. The van der Waals surface area contributed by atoms with Crippen molar-refractivity contribution in [2.45, 2.75) is 6.10 Å². The van der Waals surface area contributed by atoms with E-state index in [-0.39, 0.29) is 12.0 Å². The molecule has 4 nitrogen and oxygen atoms in total. The van der Waals surface area contributed by atoms with Crippen molar-refractivity contribution >= 4 is 5.91 Å². The highest BCUT2D eigenvalue weighted by atomic mass is 16.3. The molecule has 13 heavy (non-hydrogen) atoms. The molecule has 1 aliphatic rings. The first-order valence-corrected chi connectivity index (χ1v) is 4.26. The Hall–Kier alpha value is -1.29. The SMILES string of the molecule is Cn1ccc(C(=O)N2CC(O)C2)c1. The number of hydrogen-bond donors (Lipinski definition) is 1. The van der Waals surface area contributed by atoms with Crippen LogP contribution in [0.5, 0.6) is 0 Å². The monoisotopic (exact) mass is 180 g/mol. The molecule has 1 aliphatic heterocycles. The van der Waals surface area contributed by atoms with Crippen LogP contribution in [0.1, 0.15) is 10.4 Å². The Morgan fingerprint density at radius 3 is 2.77 bits per heavy atom. The maximum atomic E-state index is 11.6. The van der Waals surface area contributed by atoms with Crippen LogP contribution in [-0.2, 0) is 7.05 Å². The van der Waals surface area contributed by atoms with Crippen molar-refractivity contribution in [1.29, 1.82) is 0 Å². The van der Waals surface area contributed by atoms with Crippen LogP contribution in [0, 0.1) is 0 Å². The minimum absolute atomic E-state index is 0.00546. The molecule has 0 spiro atoms. The van der Waals surface area contributed by atoms with E-state index in [2.05, 4.69) is 0 Å². The second-order valence-corrected chi connectivity index (χ2v) is 3.43. The lowest BCUT2D eigenvalue weighted by Gasteiger charge is -2.35. The lowest BCUT2D eigenvalue weighted by atomic mass is 10.1. The Labute approximate surface area is 76.4 Å². The maximum absolute atomic E-state index is 11.6. The third-order valence-corrected chi connectivity index (χ3v) is 2.23. The fourth-order valence-corrected chi connectivity index (χ4v) is 1.43. The number of rotatable bonds is 1. The van der Waals surface area contributed by atoms with Gasteiger partial charge in [-0.15, -0.1) is 0 Å². The minimum Gasteiger partial charge on any atom is -0.389 e. The first-order valence-electron chi connectivity index (χ1n) is 4.26. The summed E-state index contributed by atoms with van der Waals surface area (Å²) in [6.45, 7) is 0.932. The summed E-state index contributed by atoms with van der Waals surface area (Å²) in [5, 5.41) is 9.02. The van der Waals surface area contributed by atoms with Gasteiger partial charge in [0, 0.05) is 32.5 Å². The largest absolute Gasteiger partial charge is 0.389 e. The molecule has 0 aromatic carbocycles. The van der Waals surface area contributed by atoms with Gasteiger partial charge in [-0.1, -0.05) is 0 Å². The van der Waals surface area contributed by atoms with Crippen molar-refractivity contribution < 1.29 is 9.90 Å². The smallest absolute Gasteiger partial charge is 0.255 e. The molecule has 1 N–H and O–H groups in total. The van der Waals surface area contributed by atoms with E-state index in [1.807, 2.05) is 17.8 Å². The molecule has 0 bridgehead atoms. The Morgan fingerprint density at radius 1 is 1.62 bits per heavy atom. The third kappa shape index (κ3) is 1.45. The highest BCUT2D eigenvalue weighted by Crippen LogP contribution is 2.12. The number of aryl methyl sites for hydroxylation is 1. The first kappa shape index (κ1) is 8.31. The molecule has 1 aromatic heterocycles. The molecule has 1 aromatic rings. The summed E-state index contributed by atoms with van der Waals surface area (Å²) < 4.78 is 1.84. The van der Waals surface area contributed by atoms with Gasteiger partial charge >= 0.3 is 0 Å². The summed E-state index contributed by atoms with van der Waals surface area (Å²) in [4.78, 5) is 13.2. The van der Waals surface area contributed by atoms with Gasteiger partial charge in [0.15, 0.2) is 0 Å². The lowest BCUT2D eigenvalue weighted by Crippen LogP contribution is -2.53. The molecule has 2 heterocycles. The molecule has 1 saturated heterocycles. The number of carbonyl (C=O) groups excluding carboxylic acids is 1. The standard InChI is InChI=1S/C9H12N2O2/c1-10-3-2-7(4-10)9(13)11-5-8(12)6-11/h2-4,8,12H,5-6H2,1H3. The van der Waals surface area contributed by atoms with Gasteiger partial charge in [0.05, 0.1) is 11.7 Å². The van der Waals surface area contributed by atoms with E-state index >= 15 is 0 Å². The van der Waals surface area contributed by atoms with E-state index in [4.69, 9.17) is 5.11 Å². The van der Waals surface area contributed by atoms with Crippen LogP contribution in [0.2, 0.25) is 0 Å². The number of β-amino-alcohol motifs (C(OH)–C–C–N with tert-alkyl or cyclic N) is 1. The zero-order chi connectivity index (χ0) is 9.42. The fraction of sp³-hybridized carbons (Fsp3) is 0.444. The number of aliphatic hydroxyl groups is 1. The van der Waals surface area contributed by atoms with E-state index in [1.54, 1.807) is 17.2 Å². The van der Waals surface area contributed by atoms with Crippen LogP contribution in [-0.4, -0.2) is 39.7 Å². The molecule has 2 rings (SSSR count). The van der Waals surface area contributed by atoms with Crippen LogP contribution in [0.4, 0.5) is 0 Å². The fourth-order valence-electron chi connectivity index (χ4n) is 1.43. The molecular weight excluding hydrogens is 168 g/mol. The summed E-state index contributed by atoms with van der Waals surface area (Å²) in [6.07, 6.45) is 3.30. The predicted molar refractivity (Wildman–Crippen MR) is 47.3 cm³/mol. The zero-order valence-corrected chi connectivity index (χ0v) is 7.47. The van der Waals surface area contributed by atoms with Gasteiger partial charge in [-0.3, -0.25) is 4.79 Å². The molecule has 1 amide bonds. The number of carbonyl (C=O) groups is 1. The van der Waals surface area contributed by atoms with Gasteiger partial charge in [0.1, 0.15) is 0 Å². The van der Waals surface area contributed by atoms with E-state index in [9.17, 15) is 4.79 Å². The minimum atomic E-state index is -0.326. The second kappa shape index (κ2) is 2.88. The van der Waals surface area contributed by atoms with Crippen molar-refractivity contribution in [2.75, 3.05) is 13.1 Å². The Kier molecular flexibility index (Phi) is 1.84. The molecule has 0 atom stereocenters. The zero-order valence-electron chi connectivity index (χ0n) is 7.47. The molecule has 0 radical (unpaired) electrons. The average molecular weight is 180 g/mol. The number of aromatic nitrogens is 1. The summed E-state index contributed by atoms with van der Waals surface area (Å²) in [6, 6.07) is 1.78. The van der Waals surface area contributed by atoms with Crippen molar-refractivity contribution in [3.05, 3.63) is 24.0 Å². The van der Waals surface area contributed by atoms with E-state index < -0.39 is 0 Å². The molecular formula is C9H12N2O2. The summed E-state index contributed by atoms with van der Waals surface area (Å²) in [7, 11) is 1.88. The van der Waals surface area contributed by atoms with Crippen molar-refractivity contribution in [3.8, 4) is 0 Å². The van der Waals surface area contributed by atoms with Gasteiger partial charge in [0.25, 0.3) is 5.91 Å². The van der Waals surface area contributed by atoms with Gasteiger partial charge < -0.3 is 14.6 Å². The number of hydrogen-bond acceptors (Lipinski definition) is 2. The van der Waals surface area contributed by atoms with Gasteiger partial charge in [-0.05, 0) is 6.07 Å². The number of aliphatic hydroxyl groups excluding tert-OH is 1. The van der Waals surface area contributed by atoms with E-state index in [1.165, 1.54) is 0 Å². The van der Waals surface area contributed by atoms with E-state index in [0.29, 0.717) is 18.7 Å². The van der Waals surface area contributed by atoms with Crippen LogP contribution < -0.4 is 0 Å². The molecule has 70 valence electrons. The third-order valence-electron chi connectivity index (χ3n) is 2.23. The number of amides is 1. The average Bonchev–Trinajstić information content (AvgIpc) is 2.45. The van der Waals surface area contributed by atoms with Gasteiger partial charge in [-0.2, -0.15) is 0 Å². The molecule has 0 aliphatic carbocycles. The Morgan fingerprint density at radius 2 is 2.31 bits per heavy atom. The molecule has 0 saturated carbocycles. The van der Waals surface area contributed by atoms with Crippen molar-refractivity contribution in [2.24, 2.45) is 7.05 Å². The molecule has 1 fully saturated rings. The van der Waals surface area contributed by atoms with Crippen LogP contribution in [0.25, 0.3) is 0 Å². The van der Waals surface area contributed by atoms with Gasteiger partial charge in [0.2, 0.25) is 0 Å². The first-order chi connectivity index (χ1) is 6.16. The normalized spacial score (nSPS) is 17.2. The second-order valence-electron chi connectivity index (χ2n) is 3.43. The van der Waals surface area contributed by atoms with Crippen LogP contribution >= 0.6 is 0 Å². The topological polar surface area (TPSA) is 45.5 Å². The highest BCUT2D eigenvalue weighted by molar-refractivity contribution is 5.94. The van der Waals surface area contributed by atoms with Crippen LogP contribution in [0.3, 0.4) is 0 Å². The maximum Gasteiger partial charge on any atom is 0.255 e. The Balaban J connectivity index is 2.06. The van der Waals surface area contributed by atoms with Crippen molar-refractivity contribution in [3.63, 3.8) is 0 Å². The van der Waals surface area contributed by atoms with Crippen LogP contribution in [0.15, 0.2) is 18.5 Å². The summed E-state index contributed by atoms with van der Waals surface area (Å²) in [5.41, 5.74) is 0.689. The predicted octanol–water partition coefficient (Wildman–Crippen LogP) is -0.158. The Bertz CT molecular complexity index is 326. The molecule has 0 unspecified atom stereocenters. The van der Waals surface area contributed by atoms with Gasteiger partial charge in [-0.25, -0.2) is 0 Å². The van der Waals surface area contributed by atoms with Crippen molar-refractivity contribution in [1.82, 2.24) is 9.47 Å². The van der Waals surface area contributed by atoms with E-state index in [0.717, 1.165) is 0 Å². The summed E-state index contributed by atoms with van der Waals surface area (Å²) in [5.74, 6) is 0.00546. The number of likely N-dealkylation sites (tertiary alicyclic amines) is 1. The number of nitrogens with zero attached hydrogens (tertiary/aromatic N) is 2. The summed E-state index contributed by atoms with van der Waals surface area (Å²) >= 11 is 0. The highest BCUT2D eigenvalue weighted by Gasteiger charge is 2.29.